The minimum Gasteiger partial charge on any atom is -0.396 e. The van der Waals surface area contributed by atoms with E-state index in [1.54, 1.807) is 17.0 Å². The molecule has 1 aromatic rings. The highest BCUT2D eigenvalue weighted by atomic mass is 16.3. The van der Waals surface area contributed by atoms with E-state index in [2.05, 4.69) is 4.98 Å². The molecule has 2 saturated heterocycles. The molecule has 0 aliphatic carbocycles. The Morgan fingerprint density at radius 1 is 1.39 bits per heavy atom. The second-order valence-electron chi connectivity index (χ2n) is 6.21. The summed E-state index contributed by atoms with van der Waals surface area (Å²) in [6, 6.07) is 2.92. The van der Waals surface area contributed by atoms with Crippen LogP contribution in [-0.4, -0.2) is 59.0 Å². The van der Waals surface area contributed by atoms with E-state index < -0.39 is 18.1 Å². The fourth-order valence-electron chi connectivity index (χ4n) is 3.48. The molecular weight excluding hydrogens is 298 g/mol. The molecule has 1 amide bonds. The number of anilines is 3. The Hall–Kier alpha value is -2.06. The predicted octanol–water partition coefficient (Wildman–Crippen LogP) is -0.950. The van der Waals surface area contributed by atoms with E-state index in [9.17, 15) is 15.0 Å². The van der Waals surface area contributed by atoms with Gasteiger partial charge in [-0.3, -0.25) is 4.79 Å². The zero-order valence-corrected chi connectivity index (χ0v) is 12.9. The van der Waals surface area contributed by atoms with E-state index in [0.29, 0.717) is 30.3 Å². The Bertz CT molecular complexity index is 596. The van der Waals surface area contributed by atoms with E-state index in [0.717, 1.165) is 19.4 Å². The molecular formula is C15H23N5O3. The average molecular weight is 321 g/mol. The van der Waals surface area contributed by atoms with Crippen LogP contribution in [-0.2, 0) is 4.79 Å². The molecule has 126 valence electrons. The summed E-state index contributed by atoms with van der Waals surface area (Å²) in [5, 5.41) is 19.4. The number of primary amides is 1. The zero-order valence-electron chi connectivity index (χ0n) is 12.9. The summed E-state index contributed by atoms with van der Waals surface area (Å²) in [7, 11) is 0. The first-order valence-electron chi connectivity index (χ1n) is 7.89. The second kappa shape index (κ2) is 6.21. The van der Waals surface area contributed by atoms with Crippen LogP contribution in [0.5, 0.6) is 0 Å². The van der Waals surface area contributed by atoms with E-state index in [4.69, 9.17) is 11.5 Å². The first kappa shape index (κ1) is 15.8. The normalized spacial score (nSPS) is 27.7. The van der Waals surface area contributed by atoms with Gasteiger partial charge in [0.25, 0.3) is 0 Å². The van der Waals surface area contributed by atoms with E-state index in [-0.39, 0.29) is 12.6 Å². The van der Waals surface area contributed by atoms with Crippen molar-refractivity contribution in [3.63, 3.8) is 0 Å². The Balaban J connectivity index is 1.92. The van der Waals surface area contributed by atoms with Gasteiger partial charge in [-0.1, -0.05) is 0 Å². The largest absolute Gasteiger partial charge is 0.396 e. The molecule has 2 aliphatic heterocycles. The van der Waals surface area contributed by atoms with Crippen molar-refractivity contribution in [1.82, 2.24) is 4.98 Å². The quantitative estimate of drug-likeness (QED) is 0.562. The molecule has 3 atom stereocenters. The molecule has 8 nitrogen and oxygen atoms in total. The third kappa shape index (κ3) is 2.91. The van der Waals surface area contributed by atoms with Crippen LogP contribution in [0.4, 0.5) is 17.3 Å². The molecule has 3 rings (SSSR count). The van der Waals surface area contributed by atoms with Crippen molar-refractivity contribution in [3.8, 4) is 0 Å². The van der Waals surface area contributed by atoms with Crippen LogP contribution < -0.4 is 21.3 Å². The van der Waals surface area contributed by atoms with Gasteiger partial charge in [-0.05, 0) is 25.0 Å². The highest BCUT2D eigenvalue weighted by molar-refractivity contribution is 5.84. The van der Waals surface area contributed by atoms with Crippen LogP contribution in [0.15, 0.2) is 12.1 Å². The number of rotatable bonds is 4. The number of nitrogen functional groups attached to an aromatic ring is 1. The molecule has 3 unspecified atom stereocenters. The number of aliphatic hydroxyl groups excluding tert-OH is 2. The van der Waals surface area contributed by atoms with Gasteiger partial charge in [0.05, 0.1) is 24.4 Å². The van der Waals surface area contributed by atoms with Crippen molar-refractivity contribution in [3.05, 3.63) is 12.1 Å². The van der Waals surface area contributed by atoms with Crippen molar-refractivity contribution in [2.45, 2.75) is 37.5 Å². The Labute approximate surface area is 134 Å². The highest BCUT2D eigenvalue weighted by Gasteiger charge is 2.36. The standard InChI is InChI=1S/C15H23N5O3/c16-11-3-4-13(20-7-10(22)6-12(20)14(17)23)18-15(11)19-5-1-2-9(19)8-21/h3-4,9-10,12,21-22H,1-2,5-8,16H2,(H2,17,23). The zero-order chi connectivity index (χ0) is 16.6. The van der Waals surface area contributed by atoms with Gasteiger partial charge in [-0.25, -0.2) is 4.98 Å². The van der Waals surface area contributed by atoms with Crippen molar-refractivity contribution < 1.29 is 15.0 Å². The van der Waals surface area contributed by atoms with Gasteiger partial charge in [0.2, 0.25) is 5.91 Å². The summed E-state index contributed by atoms with van der Waals surface area (Å²) < 4.78 is 0. The lowest BCUT2D eigenvalue weighted by atomic mass is 10.2. The fraction of sp³-hybridized carbons (Fsp3) is 0.600. The number of nitrogens with two attached hydrogens (primary N) is 2. The van der Waals surface area contributed by atoms with Crippen molar-refractivity contribution in [2.75, 3.05) is 35.2 Å². The molecule has 1 aromatic heterocycles. The number of amides is 1. The Morgan fingerprint density at radius 3 is 2.87 bits per heavy atom. The molecule has 0 aromatic carbocycles. The van der Waals surface area contributed by atoms with Gasteiger partial charge < -0.3 is 31.5 Å². The Kier molecular flexibility index (Phi) is 4.27. The summed E-state index contributed by atoms with van der Waals surface area (Å²) in [6.45, 7) is 1.15. The number of carbonyl (C=O) groups excluding carboxylic acids is 1. The maximum atomic E-state index is 11.6. The van der Waals surface area contributed by atoms with Crippen LogP contribution in [0.3, 0.4) is 0 Å². The predicted molar refractivity (Wildman–Crippen MR) is 87.1 cm³/mol. The summed E-state index contributed by atoms with van der Waals surface area (Å²) in [5.74, 6) is 0.706. The van der Waals surface area contributed by atoms with Gasteiger partial charge in [0.15, 0.2) is 5.82 Å². The molecule has 0 radical (unpaired) electrons. The molecule has 3 heterocycles. The monoisotopic (exact) mass is 321 g/mol. The number of aliphatic hydroxyl groups is 2. The lowest BCUT2D eigenvalue weighted by molar-refractivity contribution is -0.119. The summed E-state index contributed by atoms with van der Waals surface area (Å²) in [5.41, 5.74) is 12.0. The first-order valence-corrected chi connectivity index (χ1v) is 7.89. The third-order valence-corrected chi connectivity index (χ3v) is 4.65. The van der Waals surface area contributed by atoms with Crippen LogP contribution in [0, 0.1) is 0 Å². The lowest BCUT2D eigenvalue weighted by Crippen LogP contribution is -2.41. The molecule has 0 spiro atoms. The number of pyridine rings is 1. The number of aromatic nitrogens is 1. The molecule has 0 saturated carbocycles. The number of hydrogen-bond donors (Lipinski definition) is 4. The van der Waals surface area contributed by atoms with Gasteiger partial charge in [-0.15, -0.1) is 0 Å². The molecule has 2 aliphatic rings. The van der Waals surface area contributed by atoms with Gasteiger partial charge in [0.1, 0.15) is 11.9 Å². The summed E-state index contributed by atoms with van der Waals surface area (Å²) in [6.07, 6.45) is 1.57. The topological polar surface area (TPSA) is 129 Å². The highest BCUT2D eigenvalue weighted by Crippen LogP contribution is 2.32. The van der Waals surface area contributed by atoms with Crippen molar-refractivity contribution in [1.29, 1.82) is 0 Å². The molecule has 0 bridgehead atoms. The average Bonchev–Trinajstić information content (AvgIpc) is 3.14. The smallest absolute Gasteiger partial charge is 0.240 e. The summed E-state index contributed by atoms with van der Waals surface area (Å²) in [4.78, 5) is 19.9. The summed E-state index contributed by atoms with van der Waals surface area (Å²) >= 11 is 0. The SMILES string of the molecule is NC(=O)C1CC(O)CN1c1ccc(N)c(N2CCCC2CO)n1. The van der Waals surface area contributed by atoms with Crippen LogP contribution in [0.1, 0.15) is 19.3 Å². The van der Waals surface area contributed by atoms with E-state index in [1.165, 1.54) is 0 Å². The number of nitrogens with zero attached hydrogens (tertiary/aromatic N) is 3. The maximum absolute atomic E-state index is 11.6. The van der Waals surface area contributed by atoms with Gasteiger partial charge in [0, 0.05) is 19.5 Å². The van der Waals surface area contributed by atoms with Crippen LogP contribution >= 0.6 is 0 Å². The molecule has 8 heteroatoms. The van der Waals surface area contributed by atoms with Gasteiger partial charge in [-0.2, -0.15) is 0 Å². The minimum atomic E-state index is -0.604. The number of β-amino-alcohol motifs (C(OH)–C–C–N with tert-alkyl or cyclic N) is 1. The van der Waals surface area contributed by atoms with E-state index >= 15 is 0 Å². The fourth-order valence-corrected chi connectivity index (χ4v) is 3.48. The van der Waals surface area contributed by atoms with Crippen molar-refractivity contribution >= 4 is 23.2 Å². The third-order valence-electron chi connectivity index (χ3n) is 4.65. The number of hydrogen-bond acceptors (Lipinski definition) is 7. The Morgan fingerprint density at radius 2 is 2.17 bits per heavy atom. The lowest BCUT2D eigenvalue weighted by Gasteiger charge is -2.28. The van der Waals surface area contributed by atoms with Gasteiger partial charge >= 0.3 is 0 Å². The second-order valence-corrected chi connectivity index (χ2v) is 6.21. The molecule has 23 heavy (non-hydrogen) atoms. The van der Waals surface area contributed by atoms with Crippen LogP contribution in [0.25, 0.3) is 0 Å². The molecule has 6 N–H and O–H groups in total. The van der Waals surface area contributed by atoms with Crippen LogP contribution in [0.2, 0.25) is 0 Å². The maximum Gasteiger partial charge on any atom is 0.240 e. The van der Waals surface area contributed by atoms with Crippen molar-refractivity contribution in [2.24, 2.45) is 5.73 Å². The number of carbonyl (C=O) groups is 1. The van der Waals surface area contributed by atoms with E-state index in [1.807, 2.05) is 4.90 Å². The minimum absolute atomic E-state index is 0.0103. The molecule has 2 fully saturated rings. The first-order chi connectivity index (χ1) is 11.0.